The van der Waals surface area contributed by atoms with Crippen molar-refractivity contribution in [3.05, 3.63) is 36.4 Å². The molecule has 6 nitrogen and oxygen atoms in total. The van der Waals surface area contributed by atoms with Crippen LogP contribution in [0.3, 0.4) is 0 Å². The zero-order valence-corrected chi connectivity index (χ0v) is 13.6. The van der Waals surface area contributed by atoms with Crippen LogP contribution in [-0.4, -0.2) is 36.8 Å². The lowest BCUT2D eigenvalue weighted by Gasteiger charge is -2.12. The Bertz CT molecular complexity index is 714. The van der Waals surface area contributed by atoms with Gasteiger partial charge in [0.1, 0.15) is 12.4 Å². The van der Waals surface area contributed by atoms with Crippen LogP contribution >= 0.6 is 0 Å². The SMILES string of the molecule is CCCCOCC(=O)Nc1ccc(OCC(=O)O)c2ccccc12. The molecular formula is C18H21NO5. The highest BCUT2D eigenvalue weighted by Crippen LogP contribution is 2.31. The van der Waals surface area contributed by atoms with Gasteiger partial charge in [0.25, 0.3) is 0 Å². The lowest BCUT2D eigenvalue weighted by atomic mass is 10.1. The second-order valence-corrected chi connectivity index (χ2v) is 5.29. The van der Waals surface area contributed by atoms with Crippen LogP contribution in [0.4, 0.5) is 5.69 Å². The second kappa shape index (κ2) is 8.88. The molecule has 0 aliphatic carbocycles. The third-order valence-corrected chi connectivity index (χ3v) is 3.38. The van der Waals surface area contributed by atoms with Gasteiger partial charge in [0.2, 0.25) is 5.91 Å². The highest BCUT2D eigenvalue weighted by atomic mass is 16.5. The molecule has 2 aromatic carbocycles. The number of carbonyl (C=O) groups is 2. The minimum Gasteiger partial charge on any atom is -0.481 e. The first-order chi connectivity index (χ1) is 11.6. The normalized spacial score (nSPS) is 10.5. The molecule has 128 valence electrons. The number of fused-ring (bicyclic) bond motifs is 1. The molecule has 0 radical (unpaired) electrons. The Morgan fingerprint density at radius 3 is 2.54 bits per heavy atom. The topological polar surface area (TPSA) is 84.9 Å². The van der Waals surface area contributed by atoms with Crippen molar-refractivity contribution in [3.63, 3.8) is 0 Å². The van der Waals surface area contributed by atoms with Crippen LogP contribution in [0.5, 0.6) is 5.75 Å². The number of ether oxygens (including phenoxy) is 2. The summed E-state index contributed by atoms with van der Waals surface area (Å²) < 4.78 is 10.6. The predicted octanol–water partition coefficient (Wildman–Crippen LogP) is 3.06. The maximum atomic E-state index is 12.0. The van der Waals surface area contributed by atoms with Crippen LogP contribution in [0.1, 0.15) is 19.8 Å². The summed E-state index contributed by atoms with van der Waals surface area (Å²) in [6, 6.07) is 10.7. The molecule has 0 spiro atoms. The van der Waals surface area contributed by atoms with Crippen molar-refractivity contribution >= 4 is 28.3 Å². The van der Waals surface area contributed by atoms with Crippen LogP contribution in [0.25, 0.3) is 10.8 Å². The Labute approximate surface area is 140 Å². The summed E-state index contributed by atoms with van der Waals surface area (Å²) >= 11 is 0. The zero-order chi connectivity index (χ0) is 17.4. The molecule has 6 heteroatoms. The van der Waals surface area contributed by atoms with E-state index in [1.807, 2.05) is 24.3 Å². The molecule has 0 unspecified atom stereocenters. The van der Waals surface area contributed by atoms with Gasteiger partial charge in [0, 0.05) is 23.1 Å². The van der Waals surface area contributed by atoms with E-state index in [9.17, 15) is 9.59 Å². The summed E-state index contributed by atoms with van der Waals surface area (Å²) in [7, 11) is 0. The standard InChI is InChI=1S/C18H21NO5/c1-2-3-10-23-11-17(20)19-15-8-9-16(24-12-18(21)22)14-7-5-4-6-13(14)15/h4-9H,2-3,10-12H2,1H3,(H,19,20)(H,21,22). The third kappa shape index (κ3) is 4.96. The Hall–Kier alpha value is -2.60. The molecule has 2 rings (SSSR count). The molecule has 2 N–H and O–H groups in total. The van der Waals surface area contributed by atoms with Gasteiger partial charge in [-0.2, -0.15) is 0 Å². The molecule has 24 heavy (non-hydrogen) atoms. The van der Waals surface area contributed by atoms with Gasteiger partial charge in [-0.1, -0.05) is 37.6 Å². The maximum absolute atomic E-state index is 12.0. The van der Waals surface area contributed by atoms with Crippen molar-refractivity contribution in [1.29, 1.82) is 0 Å². The minimum atomic E-state index is -1.04. The van der Waals surface area contributed by atoms with E-state index >= 15 is 0 Å². The molecular weight excluding hydrogens is 310 g/mol. The van der Waals surface area contributed by atoms with Crippen LogP contribution in [0.15, 0.2) is 36.4 Å². The Balaban J connectivity index is 2.12. The van der Waals surface area contributed by atoms with Crippen molar-refractivity contribution in [2.45, 2.75) is 19.8 Å². The largest absolute Gasteiger partial charge is 0.481 e. The molecule has 0 saturated carbocycles. The van der Waals surface area contributed by atoms with Crippen molar-refractivity contribution in [3.8, 4) is 5.75 Å². The van der Waals surface area contributed by atoms with Crippen LogP contribution < -0.4 is 10.1 Å². The van der Waals surface area contributed by atoms with Crippen molar-refractivity contribution in [1.82, 2.24) is 0 Å². The Kier molecular flexibility index (Phi) is 6.57. The van der Waals surface area contributed by atoms with Crippen LogP contribution in [-0.2, 0) is 14.3 Å². The molecule has 0 aliphatic rings. The molecule has 0 aromatic heterocycles. The number of rotatable bonds is 9. The minimum absolute atomic E-state index is 0.00555. The van der Waals surface area contributed by atoms with E-state index in [4.69, 9.17) is 14.6 Å². The van der Waals surface area contributed by atoms with Crippen molar-refractivity contribution in [2.24, 2.45) is 0 Å². The number of benzene rings is 2. The van der Waals surface area contributed by atoms with E-state index in [0.29, 0.717) is 18.0 Å². The fraction of sp³-hybridized carbons (Fsp3) is 0.333. The van der Waals surface area contributed by atoms with Gasteiger partial charge in [-0.05, 0) is 18.6 Å². The van der Waals surface area contributed by atoms with Crippen molar-refractivity contribution < 1.29 is 24.2 Å². The van der Waals surface area contributed by atoms with Gasteiger partial charge in [-0.15, -0.1) is 0 Å². The van der Waals surface area contributed by atoms with Crippen molar-refractivity contribution in [2.75, 3.05) is 25.1 Å². The molecule has 2 aromatic rings. The van der Waals surface area contributed by atoms with Gasteiger partial charge in [-0.25, -0.2) is 4.79 Å². The summed E-state index contributed by atoms with van der Waals surface area (Å²) in [6.45, 7) is 2.21. The quantitative estimate of drug-likeness (QED) is 0.690. The number of amides is 1. The van der Waals surface area contributed by atoms with Gasteiger partial charge < -0.3 is 19.9 Å². The average molecular weight is 331 g/mol. The monoisotopic (exact) mass is 331 g/mol. The average Bonchev–Trinajstić information content (AvgIpc) is 2.58. The fourth-order valence-corrected chi connectivity index (χ4v) is 2.24. The fourth-order valence-electron chi connectivity index (χ4n) is 2.24. The Morgan fingerprint density at radius 1 is 1.08 bits per heavy atom. The first-order valence-electron chi connectivity index (χ1n) is 7.85. The van der Waals surface area contributed by atoms with Gasteiger partial charge in [-0.3, -0.25) is 4.79 Å². The number of unbranched alkanes of at least 4 members (excludes halogenated alkanes) is 1. The number of anilines is 1. The van der Waals surface area contributed by atoms with Gasteiger partial charge in [0.05, 0.1) is 0 Å². The molecule has 0 saturated heterocycles. The highest BCUT2D eigenvalue weighted by molar-refractivity contribution is 6.04. The lowest BCUT2D eigenvalue weighted by molar-refractivity contribution is -0.139. The number of carboxylic acid groups (broad SMARTS) is 1. The third-order valence-electron chi connectivity index (χ3n) is 3.38. The van der Waals surface area contributed by atoms with Crippen LogP contribution in [0, 0.1) is 0 Å². The van der Waals surface area contributed by atoms with E-state index < -0.39 is 12.6 Å². The highest BCUT2D eigenvalue weighted by Gasteiger charge is 2.10. The molecule has 0 fully saturated rings. The molecule has 0 heterocycles. The maximum Gasteiger partial charge on any atom is 0.341 e. The summed E-state index contributed by atoms with van der Waals surface area (Å²) in [5.41, 5.74) is 0.636. The molecule has 0 bridgehead atoms. The summed E-state index contributed by atoms with van der Waals surface area (Å²) in [4.78, 5) is 22.6. The van der Waals surface area contributed by atoms with E-state index in [0.717, 1.165) is 23.6 Å². The predicted molar refractivity (Wildman–Crippen MR) is 91.4 cm³/mol. The van der Waals surface area contributed by atoms with E-state index in [-0.39, 0.29) is 12.5 Å². The first kappa shape index (κ1) is 17.7. The molecule has 0 atom stereocenters. The first-order valence-corrected chi connectivity index (χ1v) is 7.85. The number of hydrogen-bond donors (Lipinski definition) is 2. The number of hydrogen-bond acceptors (Lipinski definition) is 4. The van der Waals surface area contributed by atoms with E-state index in [1.165, 1.54) is 0 Å². The number of nitrogens with one attached hydrogen (secondary N) is 1. The summed E-state index contributed by atoms with van der Waals surface area (Å²) in [6.07, 6.45) is 1.94. The van der Waals surface area contributed by atoms with E-state index in [2.05, 4.69) is 12.2 Å². The summed E-state index contributed by atoms with van der Waals surface area (Å²) in [5, 5.41) is 13.1. The molecule has 1 amide bonds. The Morgan fingerprint density at radius 2 is 1.83 bits per heavy atom. The molecule has 0 aliphatic heterocycles. The van der Waals surface area contributed by atoms with Gasteiger partial charge >= 0.3 is 5.97 Å². The second-order valence-electron chi connectivity index (χ2n) is 5.29. The number of carbonyl (C=O) groups excluding carboxylic acids is 1. The van der Waals surface area contributed by atoms with Crippen LogP contribution in [0.2, 0.25) is 0 Å². The zero-order valence-electron chi connectivity index (χ0n) is 13.6. The lowest BCUT2D eigenvalue weighted by Crippen LogP contribution is -2.19. The number of carboxylic acids is 1. The van der Waals surface area contributed by atoms with Gasteiger partial charge in [0.15, 0.2) is 6.61 Å². The smallest absolute Gasteiger partial charge is 0.341 e. The summed E-state index contributed by atoms with van der Waals surface area (Å²) in [5.74, 6) is -0.804. The number of aliphatic carboxylic acids is 1. The van der Waals surface area contributed by atoms with E-state index in [1.54, 1.807) is 12.1 Å².